The molecule has 0 unspecified atom stereocenters. The Labute approximate surface area is 141 Å². The molecule has 0 bridgehead atoms. The second-order valence-electron chi connectivity index (χ2n) is 5.90. The first-order chi connectivity index (χ1) is 11.2. The third-order valence-corrected chi connectivity index (χ3v) is 4.42. The van der Waals surface area contributed by atoms with E-state index in [0.717, 1.165) is 42.1 Å². The summed E-state index contributed by atoms with van der Waals surface area (Å²) < 4.78 is 5.36. The first-order valence-corrected chi connectivity index (χ1v) is 8.21. The molecule has 6 heteroatoms. The molecule has 3 rings (SSSR count). The smallest absolute Gasteiger partial charge is 0.142 e. The molecule has 0 atom stereocenters. The van der Waals surface area contributed by atoms with E-state index in [1.54, 1.807) is 19.5 Å². The van der Waals surface area contributed by atoms with Crippen molar-refractivity contribution < 1.29 is 4.74 Å². The third kappa shape index (κ3) is 3.85. The molecule has 1 fully saturated rings. The SMILES string of the molecule is COc1ccc(Cl)cc1Nc1cc(N2CCC(C)CC2)ncn1. The Morgan fingerprint density at radius 2 is 2.00 bits per heavy atom. The molecule has 0 spiro atoms. The number of hydrogen-bond acceptors (Lipinski definition) is 5. The van der Waals surface area contributed by atoms with Gasteiger partial charge in [0.1, 0.15) is 23.7 Å². The molecule has 122 valence electrons. The summed E-state index contributed by atoms with van der Waals surface area (Å²) in [5.41, 5.74) is 0.789. The average Bonchev–Trinajstić information content (AvgIpc) is 2.56. The molecule has 1 aromatic heterocycles. The van der Waals surface area contributed by atoms with Crippen LogP contribution in [0.4, 0.5) is 17.3 Å². The fourth-order valence-corrected chi connectivity index (χ4v) is 2.91. The van der Waals surface area contributed by atoms with Gasteiger partial charge in [-0.05, 0) is 37.0 Å². The van der Waals surface area contributed by atoms with Crippen molar-refractivity contribution in [3.63, 3.8) is 0 Å². The fourth-order valence-electron chi connectivity index (χ4n) is 2.74. The highest BCUT2D eigenvalue weighted by molar-refractivity contribution is 6.31. The van der Waals surface area contributed by atoms with Crippen molar-refractivity contribution in [1.82, 2.24) is 9.97 Å². The van der Waals surface area contributed by atoms with Crippen LogP contribution in [0, 0.1) is 5.92 Å². The molecule has 1 aromatic carbocycles. The number of rotatable bonds is 4. The normalized spacial score (nSPS) is 15.5. The molecule has 0 radical (unpaired) electrons. The Bertz CT molecular complexity index is 671. The molecule has 0 amide bonds. The predicted molar refractivity (Wildman–Crippen MR) is 93.9 cm³/mol. The van der Waals surface area contributed by atoms with Crippen molar-refractivity contribution in [2.24, 2.45) is 5.92 Å². The highest BCUT2D eigenvalue weighted by atomic mass is 35.5. The maximum absolute atomic E-state index is 6.07. The van der Waals surface area contributed by atoms with E-state index in [0.29, 0.717) is 5.02 Å². The predicted octanol–water partition coefficient (Wildman–Crippen LogP) is 4.12. The molecule has 1 saturated heterocycles. The van der Waals surface area contributed by atoms with Gasteiger partial charge in [-0.25, -0.2) is 9.97 Å². The van der Waals surface area contributed by atoms with Crippen LogP contribution in [0.25, 0.3) is 0 Å². The minimum Gasteiger partial charge on any atom is -0.495 e. The maximum atomic E-state index is 6.07. The number of halogens is 1. The van der Waals surface area contributed by atoms with Crippen molar-refractivity contribution >= 4 is 28.9 Å². The van der Waals surface area contributed by atoms with Crippen LogP contribution in [0.1, 0.15) is 19.8 Å². The van der Waals surface area contributed by atoms with Crippen LogP contribution >= 0.6 is 11.6 Å². The van der Waals surface area contributed by atoms with Crippen molar-refractivity contribution in [1.29, 1.82) is 0 Å². The monoisotopic (exact) mass is 332 g/mol. The van der Waals surface area contributed by atoms with Crippen LogP contribution < -0.4 is 15.0 Å². The van der Waals surface area contributed by atoms with E-state index in [1.807, 2.05) is 18.2 Å². The number of nitrogens with one attached hydrogen (secondary N) is 1. The zero-order valence-electron chi connectivity index (χ0n) is 13.4. The molecule has 0 saturated carbocycles. The minimum atomic E-state index is 0.646. The summed E-state index contributed by atoms with van der Waals surface area (Å²) in [5.74, 6) is 3.20. The standard InChI is InChI=1S/C17H21ClN4O/c1-12-5-7-22(8-6-12)17-10-16(19-11-20-17)21-14-9-13(18)3-4-15(14)23-2/h3-4,9-12H,5-8H2,1-2H3,(H,19,20,21). The third-order valence-electron chi connectivity index (χ3n) is 4.18. The molecular weight excluding hydrogens is 312 g/mol. The van der Waals surface area contributed by atoms with E-state index in [1.165, 1.54) is 12.8 Å². The van der Waals surface area contributed by atoms with Crippen molar-refractivity contribution in [3.05, 3.63) is 35.6 Å². The highest BCUT2D eigenvalue weighted by Gasteiger charge is 2.17. The van der Waals surface area contributed by atoms with Crippen molar-refractivity contribution in [2.75, 3.05) is 30.4 Å². The van der Waals surface area contributed by atoms with Gasteiger partial charge < -0.3 is 15.0 Å². The molecule has 2 aromatic rings. The lowest BCUT2D eigenvalue weighted by atomic mass is 9.99. The Balaban J connectivity index is 1.79. The minimum absolute atomic E-state index is 0.646. The second kappa shape index (κ2) is 7.04. The summed E-state index contributed by atoms with van der Waals surface area (Å²) in [6.45, 7) is 4.38. The van der Waals surface area contributed by atoms with Gasteiger partial charge in [-0.3, -0.25) is 0 Å². The van der Waals surface area contributed by atoms with Gasteiger partial charge >= 0.3 is 0 Å². The topological polar surface area (TPSA) is 50.3 Å². The average molecular weight is 333 g/mol. The van der Waals surface area contributed by atoms with Gasteiger partial charge in [0, 0.05) is 24.2 Å². The van der Waals surface area contributed by atoms with Crippen LogP contribution in [0.5, 0.6) is 5.75 Å². The summed E-state index contributed by atoms with van der Waals surface area (Å²) in [6.07, 6.45) is 4.00. The van der Waals surface area contributed by atoms with Crippen LogP contribution in [-0.2, 0) is 0 Å². The number of benzene rings is 1. The maximum Gasteiger partial charge on any atom is 0.142 e. The molecule has 1 N–H and O–H groups in total. The van der Waals surface area contributed by atoms with Crippen molar-refractivity contribution in [2.45, 2.75) is 19.8 Å². The fraction of sp³-hybridized carbons (Fsp3) is 0.412. The first-order valence-electron chi connectivity index (χ1n) is 7.83. The largest absolute Gasteiger partial charge is 0.495 e. The second-order valence-corrected chi connectivity index (χ2v) is 6.34. The number of anilines is 3. The Kier molecular flexibility index (Phi) is 4.86. The van der Waals surface area contributed by atoms with E-state index in [-0.39, 0.29) is 0 Å². The number of hydrogen-bond donors (Lipinski definition) is 1. The van der Waals surface area contributed by atoms with E-state index in [4.69, 9.17) is 16.3 Å². The van der Waals surface area contributed by atoms with Gasteiger partial charge in [0.05, 0.1) is 12.8 Å². The number of nitrogens with zero attached hydrogens (tertiary/aromatic N) is 3. The van der Waals surface area contributed by atoms with Crippen LogP contribution in [-0.4, -0.2) is 30.2 Å². The van der Waals surface area contributed by atoms with E-state index in [2.05, 4.69) is 27.1 Å². The lowest BCUT2D eigenvalue weighted by Crippen LogP contribution is -2.33. The van der Waals surface area contributed by atoms with E-state index in [9.17, 15) is 0 Å². The van der Waals surface area contributed by atoms with Gasteiger partial charge in [-0.15, -0.1) is 0 Å². The summed E-state index contributed by atoms with van der Waals surface area (Å²) >= 11 is 6.07. The summed E-state index contributed by atoms with van der Waals surface area (Å²) in [5, 5.41) is 3.91. The van der Waals surface area contributed by atoms with Gasteiger partial charge in [0.15, 0.2) is 0 Å². The van der Waals surface area contributed by atoms with Gasteiger partial charge in [0.2, 0.25) is 0 Å². The highest BCUT2D eigenvalue weighted by Crippen LogP contribution is 2.31. The van der Waals surface area contributed by atoms with Crippen LogP contribution in [0.2, 0.25) is 5.02 Å². The van der Waals surface area contributed by atoms with Gasteiger partial charge in [0.25, 0.3) is 0 Å². The quantitative estimate of drug-likeness (QED) is 0.912. The molecule has 0 aliphatic carbocycles. The van der Waals surface area contributed by atoms with Crippen LogP contribution in [0.15, 0.2) is 30.6 Å². The Hall–Kier alpha value is -2.01. The summed E-state index contributed by atoms with van der Waals surface area (Å²) in [7, 11) is 1.63. The molecule has 23 heavy (non-hydrogen) atoms. The summed E-state index contributed by atoms with van der Waals surface area (Å²) in [4.78, 5) is 11.0. The molecule has 5 nitrogen and oxygen atoms in total. The zero-order valence-corrected chi connectivity index (χ0v) is 14.2. The number of ether oxygens (including phenoxy) is 1. The molecular formula is C17H21ClN4O. The first kappa shape index (κ1) is 15.9. The van der Waals surface area contributed by atoms with Gasteiger partial charge in [-0.1, -0.05) is 18.5 Å². The van der Waals surface area contributed by atoms with Gasteiger partial charge in [-0.2, -0.15) is 0 Å². The Morgan fingerprint density at radius 1 is 1.22 bits per heavy atom. The number of aromatic nitrogens is 2. The molecule has 1 aliphatic heterocycles. The Morgan fingerprint density at radius 3 is 2.74 bits per heavy atom. The van der Waals surface area contributed by atoms with Crippen LogP contribution in [0.3, 0.4) is 0 Å². The molecule has 1 aliphatic rings. The lowest BCUT2D eigenvalue weighted by molar-refractivity contribution is 0.417. The number of piperidine rings is 1. The van der Waals surface area contributed by atoms with E-state index < -0.39 is 0 Å². The zero-order chi connectivity index (χ0) is 16.2. The lowest BCUT2D eigenvalue weighted by Gasteiger charge is -2.31. The number of methoxy groups -OCH3 is 1. The van der Waals surface area contributed by atoms with E-state index >= 15 is 0 Å². The molecule has 2 heterocycles. The van der Waals surface area contributed by atoms with Crippen molar-refractivity contribution in [3.8, 4) is 5.75 Å². The summed E-state index contributed by atoms with van der Waals surface area (Å²) in [6, 6.07) is 7.42.